The number of hydrogen-bond donors (Lipinski definition) is 0. The van der Waals surface area contributed by atoms with E-state index in [0.29, 0.717) is 6.04 Å². The number of piperidine rings is 1. The number of piperazine rings is 1. The maximum Gasteiger partial charge on any atom is 0.254 e. The van der Waals surface area contributed by atoms with Crippen molar-refractivity contribution in [1.82, 2.24) is 19.7 Å². The van der Waals surface area contributed by atoms with Crippen LogP contribution in [0.5, 0.6) is 0 Å². The molecule has 2 fully saturated rings. The van der Waals surface area contributed by atoms with Crippen molar-refractivity contribution in [2.45, 2.75) is 25.4 Å². The average Bonchev–Trinajstić information content (AvgIpc) is 2.80. The van der Waals surface area contributed by atoms with E-state index in [1.807, 2.05) is 23.1 Å². The van der Waals surface area contributed by atoms with Crippen LogP contribution >= 0.6 is 0 Å². The molecule has 150 valence electrons. The predicted octanol–water partition coefficient (Wildman–Crippen LogP) is 2.38. The fourth-order valence-electron chi connectivity index (χ4n) is 4.41. The third-order valence-corrected chi connectivity index (χ3v) is 6.06. The molecule has 2 aliphatic heterocycles. The van der Waals surface area contributed by atoms with E-state index in [0.717, 1.165) is 69.8 Å². The van der Waals surface area contributed by atoms with Crippen LogP contribution in [0.2, 0.25) is 0 Å². The Hall–Kier alpha value is -2.75. The third-order valence-electron chi connectivity index (χ3n) is 6.06. The van der Waals surface area contributed by atoms with Gasteiger partial charge < -0.3 is 4.90 Å². The number of carbonyl (C=O) groups excluding carboxylic acids is 1. The van der Waals surface area contributed by atoms with Crippen LogP contribution in [-0.2, 0) is 6.54 Å². The minimum atomic E-state index is 0.112. The Morgan fingerprint density at radius 3 is 2.45 bits per heavy atom. The van der Waals surface area contributed by atoms with E-state index in [1.165, 1.54) is 5.56 Å². The minimum Gasteiger partial charge on any atom is -0.336 e. The number of pyridine rings is 1. The highest BCUT2D eigenvalue weighted by Crippen LogP contribution is 2.20. The molecule has 1 aromatic carbocycles. The third kappa shape index (κ3) is 4.81. The first kappa shape index (κ1) is 19.6. The van der Waals surface area contributed by atoms with Gasteiger partial charge in [0.15, 0.2) is 0 Å². The van der Waals surface area contributed by atoms with E-state index in [9.17, 15) is 4.79 Å². The normalized spacial score (nSPS) is 19.1. The van der Waals surface area contributed by atoms with Crippen molar-refractivity contribution < 1.29 is 4.79 Å². The molecule has 2 aliphatic rings. The molecule has 0 saturated carbocycles. The summed E-state index contributed by atoms with van der Waals surface area (Å²) in [7, 11) is 0. The maximum atomic E-state index is 12.6. The summed E-state index contributed by atoms with van der Waals surface area (Å²) in [6.45, 7) is 6.56. The van der Waals surface area contributed by atoms with Crippen molar-refractivity contribution in [3.05, 3.63) is 65.5 Å². The van der Waals surface area contributed by atoms with Gasteiger partial charge in [0, 0.05) is 56.7 Å². The molecule has 0 aliphatic carbocycles. The lowest BCUT2D eigenvalue weighted by Gasteiger charge is -2.42. The van der Waals surface area contributed by atoms with Gasteiger partial charge in [0.2, 0.25) is 0 Å². The predicted molar refractivity (Wildman–Crippen MR) is 111 cm³/mol. The molecule has 0 bridgehead atoms. The largest absolute Gasteiger partial charge is 0.336 e. The van der Waals surface area contributed by atoms with Crippen LogP contribution in [0.1, 0.15) is 34.3 Å². The first-order valence-corrected chi connectivity index (χ1v) is 10.4. The molecule has 1 amide bonds. The van der Waals surface area contributed by atoms with Gasteiger partial charge in [-0.25, -0.2) is 0 Å². The van der Waals surface area contributed by atoms with Gasteiger partial charge in [0.05, 0.1) is 11.6 Å². The monoisotopic (exact) mass is 389 g/mol. The van der Waals surface area contributed by atoms with Crippen molar-refractivity contribution in [1.29, 1.82) is 5.26 Å². The van der Waals surface area contributed by atoms with Crippen molar-refractivity contribution in [3.63, 3.8) is 0 Å². The number of hydrogen-bond acceptors (Lipinski definition) is 5. The van der Waals surface area contributed by atoms with Crippen molar-refractivity contribution in [2.75, 3.05) is 39.3 Å². The van der Waals surface area contributed by atoms with Gasteiger partial charge in [-0.15, -0.1) is 0 Å². The number of amides is 1. The van der Waals surface area contributed by atoms with E-state index < -0.39 is 0 Å². The van der Waals surface area contributed by atoms with Gasteiger partial charge in [0.25, 0.3) is 5.91 Å². The average molecular weight is 390 g/mol. The van der Waals surface area contributed by atoms with Crippen LogP contribution < -0.4 is 0 Å². The molecule has 6 nitrogen and oxygen atoms in total. The lowest BCUT2D eigenvalue weighted by Crippen LogP contribution is -2.54. The quantitative estimate of drug-likeness (QED) is 0.803. The highest BCUT2D eigenvalue weighted by atomic mass is 16.2. The van der Waals surface area contributed by atoms with Gasteiger partial charge in [0.1, 0.15) is 0 Å². The Kier molecular flexibility index (Phi) is 6.18. The summed E-state index contributed by atoms with van der Waals surface area (Å²) in [6, 6.07) is 14.3. The number of benzene rings is 1. The Labute approximate surface area is 172 Å². The Morgan fingerprint density at radius 1 is 1.03 bits per heavy atom. The maximum absolute atomic E-state index is 12.6. The molecule has 2 aromatic rings. The fraction of sp³-hybridized carbons (Fsp3) is 0.435. The zero-order valence-electron chi connectivity index (χ0n) is 16.7. The minimum absolute atomic E-state index is 0.112. The number of carbonyl (C=O) groups is 1. The number of rotatable bonds is 4. The first-order valence-electron chi connectivity index (χ1n) is 10.4. The molecule has 29 heavy (non-hydrogen) atoms. The van der Waals surface area contributed by atoms with Crippen LogP contribution in [0, 0.1) is 11.3 Å². The molecule has 3 heterocycles. The topological polar surface area (TPSA) is 63.5 Å². The zero-order chi connectivity index (χ0) is 20.1. The SMILES string of the molecule is N#Cc1cccc(CN2CCC(N3CCN(C(=O)c4ccncc4)CC3)CC2)c1. The fourth-order valence-corrected chi connectivity index (χ4v) is 4.41. The standard InChI is InChI=1S/C23H27N5O/c24-17-19-2-1-3-20(16-19)18-26-10-6-22(7-11-26)27-12-14-28(15-13-27)23(29)21-4-8-25-9-5-21/h1-5,8-9,16,22H,6-7,10-15,18H2. The van der Waals surface area contributed by atoms with Gasteiger partial charge in [-0.3, -0.25) is 19.6 Å². The number of aromatic nitrogens is 1. The van der Waals surface area contributed by atoms with Gasteiger partial charge >= 0.3 is 0 Å². The Balaban J connectivity index is 1.24. The molecule has 0 atom stereocenters. The summed E-state index contributed by atoms with van der Waals surface area (Å²) in [6.07, 6.45) is 5.67. The van der Waals surface area contributed by atoms with Crippen LogP contribution in [-0.4, -0.2) is 70.9 Å². The highest BCUT2D eigenvalue weighted by molar-refractivity contribution is 5.94. The Bertz CT molecular complexity index is 862. The summed E-state index contributed by atoms with van der Waals surface area (Å²) < 4.78 is 0. The molecule has 0 spiro atoms. The molecular weight excluding hydrogens is 362 g/mol. The van der Waals surface area contributed by atoms with E-state index in [-0.39, 0.29) is 5.91 Å². The lowest BCUT2D eigenvalue weighted by molar-refractivity contribution is 0.0445. The smallest absolute Gasteiger partial charge is 0.254 e. The molecule has 1 aromatic heterocycles. The van der Waals surface area contributed by atoms with Crippen LogP contribution in [0.15, 0.2) is 48.8 Å². The molecule has 0 radical (unpaired) electrons. The van der Waals surface area contributed by atoms with Gasteiger partial charge in [-0.05, 0) is 55.8 Å². The molecule has 2 saturated heterocycles. The van der Waals surface area contributed by atoms with Crippen LogP contribution in [0.4, 0.5) is 0 Å². The van der Waals surface area contributed by atoms with Crippen molar-refractivity contribution >= 4 is 5.91 Å². The lowest BCUT2D eigenvalue weighted by atomic mass is 10.0. The Morgan fingerprint density at radius 2 is 1.76 bits per heavy atom. The van der Waals surface area contributed by atoms with Gasteiger partial charge in [-0.1, -0.05) is 12.1 Å². The summed E-state index contributed by atoms with van der Waals surface area (Å²) in [4.78, 5) is 23.6. The van der Waals surface area contributed by atoms with Crippen molar-refractivity contribution in [3.8, 4) is 6.07 Å². The summed E-state index contributed by atoms with van der Waals surface area (Å²) >= 11 is 0. The van der Waals surface area contributed by atoms with Crippen LogP contribution in [0.25, 0.3) is 0 Å². The highest BCUT2D eigenvalue weighted by Gasteiger charge is 2.29. The van der Waals surface area contributed by atoms with E-state index in [1.54, 1.807) is 24.5 Å². The summed E-state index contributed by atoms with van der Waals surface area (Å²) in [5.74, 6) is 0.112. The number of likely N-dealkylation sites (tertiary alicyclic amines) is 1. The molecular formula is C23H27N5O. The second kappa shape index (κ2) is 9.17. The van der Waals surface area contributed by atoms with E-state index in [2.05, 4.69) is 26.9 Å². The van der Waals surface area contributed by atoms with Gasteiger partial charge in [-0.2, -0.15) is 5.26 Å². The molecule has 0 N–H and O–H groups in total. The molecule has 4 rings (SSSR count). The molecule has 0 unspecified atom stereocenters. The first-order chi connectivity index (χ1) is 14.2. The summed E-state index contributed by atoms with van der Waals surface area (Å²) in [5, 5.41) is 9.07. The summed E-state index contributed by atoms with van der Waals surface area (Å²) in [5.41, 5.74) is 2.67. The number of nitrogens with zero attached hydrogens (tertiary/aromatic N) is 5. The molecule has 6 heteroatoms. The number of nitriles is 1. The second-order valence-electron chi connectivity index (χ2n) is 7.88. The van der Waals surface area contributed by atoms with E-state index >= 15 is 0 Å². The van der Waals surface area contributed by atoms with Crippen LogP contribution in [0.3, 0.4) is 0 Å². The van der Waals surface area contributed by atoms with E-state index in [4.69, 9.17) is 5.26 Å². The second-order valence-corrected chi connectivity index (χ2v) is 7.88. The zero-order valence-corrected chi connectivity index (χ0v) is 16.7. The van der Waals surface area contributed by atoms with Crippen molar-refractivity contribution in [2.24, 2.45) is 0 Å².